The molecule has 0 spiro atoms. The average molecular weight is 128 g/mol. The Kier molecular flexibility index (Phi) is 2.82. The fourth-order valence-corrected chi connectivity index (χ4v) is 0.218. The van der Waals surface area contributed by atoms with Crippen LogP contribution in [-0.4, -0.2) is 19.4 Å². The Labute approximate surface area is 45.4 Å². The molecule has 1 nitrogen and oxygen atoms in total. The van der Waals surface area contributed by atoms with Crippen LogP contribution in [0.2, 0.25) is 0 Å². The minimum absolute atomic E-state index is 0.538. The second-order valence-electron chi connectivity index (χ2n) is 1.35. The van der Waals surface area contributed by atoms with Crippen LogP contribution >= 0.6 is 0 Å². The lowest BCUT2D eigenvalue weighted by Crippen LogP contribution is -2.16. The molecule has 0 aliphatic rings. The van der Waals surface area contributed by atoms with Crippen LogP contribution in [0.4, 0.5) is 13.2 Å². The maximum atomic E-state index is 11.5. The maximum Gasteiger partial charge on any atom is 0.353 e. The Morgan fingerprint density at radius 3 is 2.12 bits per heavy atom. The topological polar surface area (TPSA) is 9.23 Å². The third-order valence-electron chi connectivity index (χ3n) is 0.433. The SMILES string of the molecule is CC(F)(F)OCCF. The van der Waals surface area contributed by atoms with E-state index in [1.165, 1.54) is 0 Å². The third kappa shape index (κ3) is 5.75. The van der Waals surface area contributed by atoms with Gasteiger partial charge in [-0.15, -0.1) is 0 Å². The molecule has 0 radical (unpaired) electrons. The standard InChI is InChI=1S/C4H7F3O/c1-4(6,7)8-3-2-5/h2-3H2,1H3. The van der Waals surface area contributed by atoms with Crippen molar-refractivity contribution < 1.29 is 17.9 Å². The van der Waals surface area contributed by atoms with Gasteiger partial charge in [0, 0.05) is 6.92 Å². The molecular weight excluding hydrogens is 121 g/mol. The highest BCUT2D eigenvalue weighted by atomic mass is 19.3. The summed E-state index contributed by atoms with van der Waals surface area (Å²) in [5, 5.41) is 0. The van der Waals surface area contributed by atoms with Crippen molar-refractivity contribution in [3.05, 3.63) is 0 Å². The number of ether oxygens (including phenoxy) is 1. The lowest BCUT2D eigenvalue weighted by molar-refractivity contribution is -0.225. The molecule has 0 saturated carbocycles. The molecule has 0 aromatic rings. The monoisotopic (exact) mass is 128 g/mol. The van der Waals surface area contributed by atoms with Crippen LogP contribution in [-0.2, 0) is 4.74 Å². The third-order valence-corrected chi connectivity index (χ3v) is 0.433. The van der Waals surface area contributed by atoms with E-state index < -0.39 is 19.4 Å². The number of rotatable bonds is 3. The smallest absolute Gasteiger partial charge is 0.318 e. The van der Waals surface area contributed by atoms with E-state index in [-0.39, 0.29) is 0 Å². The summed E-state index contributed by atoms with van der Waals surface area (Å²) in [6.45, 7) is -0.838. The highest BCUT2D eigenvalue weighted by molar-refractivity contribution is 4.37. The molecule has 4 heteroatoms. The predicted molar refractivity (Wildman–Crippen MR) is 22.5 cm³/mol. The van der Waals surface area contributed by atoms with Crippen molar-refractivity contribution in [1.29, 1.82) is 0 Å². The van der Waals surface area contributed by atoms with Crippen molar-refractivity contribution in [2.45, 2.75) is 13.0 Å². The van der Waals surface area contributed by atoms with Crippen LogP contribution in [0.1, 0.15) is 6.92 Å². The molecule has 0 heterocycles. The van der Waals surface area contributed by atoms with E-state index in [1.54, 1.807) is 0 Å². The van der Waals surface area contributed by atoms with E-state index in [0.717, 1.165) is 0 Å². The molecule has 50 valence electrons. The predicted octanol–water partition coefficient (Wildman–Crippen LogP) is 1.59. The number of hydrogen-bond donors (Lipinski definition) is 0. The van der Waals surface area contributed by atoms with Crippen LogP contribution in [0.5, 0.6) is 0 Å². The minimum Gasteiger partial charge on any atom is -0.318 e. The fraction of sp³-hybridized carbons (Fsp3) is 1.00. The van der Waals surface area contributed by atoms with Gasteiger partial charge in [0.05, 0.1) is 6.61 Å². The summed E-state index contributed by atoms with van der Waals surface area (Å²) < 4.78 is 37.8. The molecule has 0 bridgehead atoms. The van der Waals surface area contributed by atoms with E-state index in [0.29, 0.717) is 6.92 Å². The first-order chi connectivity index (χ1) is 3.56. The zero-order chi connectivity index (χ0) is 6.62. The van der Waals surface area contributed by atoms with Crippen molar-refractivity contribution in [2.75, 3.05) is 13.3 Å². The van der Waals surface area contributed by atoms with Crippen molar-refractivity contribution in [3.63, 3.8) is 0 Å². The molecule has 0 unspecified atom stereocenters. The summed E-state index contributed by atoms with van der Waals surface area (Å²) in [7, 11) is 0. The van der Waals surface area contributed by atoms with Crippen LogP contribution in [0.15, 0.2) is 0 Å². The Morgan fingerprint density at radius 1 is 1.50 bits per heavy atom. The van der Waals surface area contributed by atoms with Crippen LogP contribution in [0.3, 0.4) is 0 Å². The molecule has 0 aromatic heterocycles. The van der Waals surface area contributed by atoms with Crippen LogP contribution in [0.25, 0.3) is 0 Å². The molecule has 0 fully saturated rings. The normalized spacial score (nSPS) is 12.0. The Balaban J connectivity index is 3.11. The molecule has 8 heavy (non-hydrogen) atoms. The Hall–Kier alpha value is -0.250. The molecule has 0 rings (SSSR count). The second kappa shape index (κ2) is 2.91. The largest absolute Gasteiger partial charge is 0.353 e. The summed E-state index contributed by atoms with van der Waals surface area (Å²) in [5.74, 6) is 0. The van der Waals surface area contributed by atoms with Crippen LogP contribution < -0.4 is 0 Å². The van der Waals surface area contributed by atoms with Gasteiger partial charge in [0.1, 0.15) is 6.67 Å². The minimum atomic E-state index is -3.19. The Morgan fingerprint density at radius 2 is 2.00 bits per heavy atom. The van der Waals surface area contributed by atoms with Gasteiger partial charge in [-0.05, 0) is 0 Å². The van der Waals surface area contributed by atoms with Crippen molar-refractivity contribution >= 4 is 0 Å². The first-order valence-corrected chi connectivity index (χ1v) is 2.14. The van der Waals surface area contributed by atoms with Crippen molar-refractivity contribution in [3.8, 4) is 0 Å². The summed E-state index contributed by atoms with van der Waals surface area (Å²) >= 11 is 0. The first-order valence-electron chi connectivity index (χ1n) is 2.14. The van der Waals surface area contributed by atoms with E-state index in [4.69, 9.17) is 0 Å². The second-order valence-corrected chi connectivity index (χ2v) is 1.35. The Bertz CT molecular complexity index is 58.8. The lowest BCUT2D eigenvalue weighted by atomic mass is 10.7. The molecule has 0 saturated heterocycles. The average Bonchev–Trinajstić information content (AvgIpc) is 1.59. The zero-order valence-corrected chi connectivity index (χ0v) is 4.46. The lowest BCUT2D eigenvalue weighted by Gasteiger charge is -2.07. The van der Waals surface area contributed by atoms with E-state index in [1.807, 2.05) is 0 Å². The first kappa shape index (κ1) is 7.75. The molecule has 0 amide bonds. The fourth-order valence-electron chi connectivity index (χ4n) is 0.218. The summed E-state index contributed by atoms with van der Waals surface area (Å²) in [4.78, 5) is 0. The molecule has 0 aliphatic carbocycles. The van der Waals surface area contributed by atoms with E-state index >= 15 is 0 Å². The van der Waals surface area contributed by atoms with Gasteiger partial charge in [0.15, 0.2) is 0 Å². The number of hydrogen-bond acceptors (Lipinski definition) is 1. The zero-order valence-electron chi connectivity index (χ0n) is 4.46. The van der Waals surface area contributed by atoms with Gasteiger partial charge in [-0.1, -0.05) is 0 Å². The highest BCUT2D eigenvalue weighted by Gasteiger charge is 2.20. The summed E-state index contributed by atoms with van der Waals surface area (Å²) in [6.07, 6.45) is -3.19. The molecule has 0 aromatic carbocycles. The van der Waals surface area contributed by atoms with E-state index in [9.17, 15) is 13.2 Å². The molecular formula is C4H7F3O. The van der Waals surface area contributed by atoms with Gasteiger partial charge in [-0.3, -0.25) is 0 Å². The molecule has 0 atom stereocenters. The number of alkyl halides is 3. The molecule has 0 N–H and O–H groups in total. The van der Waals surface area contributed by atoms with Gasteiger partial charge >= 0.3 is 6.11 Å². The van der Waals surface area contributed by atoms with Crippen LogP contribution in [0, 0.1) is 0 Å². The van der Waals surface area contributed by atoms with Gasteiger partial charge in [-0.25, -0.2) is 4.39 Å². The summed E-state index contributed by atoms with van der Waals surface area (Å²) in [6, 6.07) is 0. The van der Waals surface area contributed by atoms with Gasteiger partial charge < -0.3 is 4.74 Å². The summed E-state index contributed by atoms with van der Waals surface area (Å²) in [5.41, 5.74) is 0. The quantitative estimate of drug-likeness (QED) is 0.560. The van der Waals surface area contributed by atoms with Crippen molar-refractivity contribution in [2.24, 2.45) is 0 Å². The van der Waals surface area contributed by atoms with Gasteiger partial charge in [0.25, 0.3) is 0 Å². The van der Waals surface area contributed by atoms with Gasteiger partial charge in [0.2, 0.25) is 0 Å². The molecule has 0 aliphatic heterocycles. The van der Waals surface area contributed by atoms with Crippen molar-refractivity contribution in [1.82, 2.24) is 0 Å². The number of halogens is 3. The van der Waals surface area contributed by atoms with Gasteiger partial charge in [-0.2, -0.15) is 8.78 Å². The highest BCUT2D eigenvalue weighted by Crippen LogP contribution is 2.11. The van der Waals surface area contributed by atoms with E-state index in [2.05, 4.69) is 4.74 Å². The maximum absolute atomic E-state index is 11.5.